The second-order valence-corrected chi connectivity index (χ2v) is 9.98. The van der Waals surface area contributed by atoms with Crippen LogP contribution in [0.1, 0.15) is 55.3 Å². The Hall–Kier alpha value is -2.81. The predicted molar refractivity (Wildman–Crippen MR) is 145 cm³/mol. The Bertz CT molecular complexity index is 1020. The van der Waals surface area contributed by atoms with E-state index in [2.05, 4.69) is 34.9 Å². The summed E-state index contributed by atoms with van der Waals surface area (Å²) in [5.41, 5.74) is 3.55. The number of benzene rings is 1. The third kappa shape index (κ3) is 6.25. The number of hydrogen-bond donors (Lipinski definition) is 3. The molecule has 2 aliphatic rings. The van der Waals surface area contributed by atoms with Crippen molar-refractivity contribution in [2.75, 3.05) is 38.5 Å². The molecule has 35 heavy (non-hydrogen) atoms. The zero-order valence-electron chi connectivity index (χ0n) is 21.3. The Morgan fingerprint density at radius 2 is 1.77 bits per heavy atom. The van der Waals surface area contributed by atoms with Crippen molar-refractivity contribution in [1.29, 1.82) is 0 Å². The van der Waals surface area contributed by atoms with Gasteiger partial charge in [-0.15, -0.1) is 0 Å². The lowest BCUT2D eigenvalue weighted by Crippen LogP contribution is -2.44. The number of nitrogens with zero attached hydrogens (tertiary/aromatic N) is 3. The molecule has 0 aliphatic heterocycles. The zero-order chi connectivity index (χ0) is 24.8. The lowest BCUT2D eigenvalue weighted by Gasteiger charge is -2.31. The molecule has 0 radical (unpaired) electrons. The average Bonchev–Trinajstić information content (AvgIpc) is 2.87. The summed E-state index contributed by atoms with van der Waals surface area (Å²) in [6.07, 6.45) is 8.79. The second kappa shape index (κ2) is 11.7. The summed E-state index contributed by atoms with van der Waals surface area (Å²) in [6, 6.07) is 6.60. The van der Waals surface area contributed by atoms with E-state index in [0.717, 1.165) is 67.4 Å². The molecule has 1 fully saturated rings. The highest BCUT2D eigenvalue weighted by Crippen LogP contribution is 2.31. The number of methoxy groups -OCH3 is 2. The molecule has 0 saturated heterocycles. The van der Waals surface area contributed by atoms with Crippen LogP contribution >= 0.6 is 12.2 Å². The minimum atomic E-state index is 0.363. The summed E-state index contributed by atoms with van der Waals surface area (Å²) in [5, 5.41) is 11.1. The van der Waals surface area contributed by atoms with Gasteiger partial charge in [0.05, 0.1) is 19.9 Å². The number of ether oxygens (including phenoxy) is 2. The van der Waals surface area contributed by atoms with Crippen molar-refractivity contribution in [1.82, 2.24) is 20.6 Å². The predicted octanol–water partition coefficient (Wildman–Crippen LogP) is 3.83. The third-order valence-corrected chi connectivity index (χ3v) is 7.17. The molecule has 0 unspecified atom stereocenters. The summed E-state index contributed by atoms with van der Waals surface area (Å²) < 4.78 is 10.9. The molecule has 3 N–H and O–H groups in total. The summed E-state index contributed by atoms with van der Waals surface area (Å²) >= 11 is 5.57. The maximum Gasteiger partial charge on any atom is 0.225 e. The molecule has 0 atom stereocenters. The number of aromatic nitrogens is 2. The van der Waals surface area contributed by atoms with Crippen molar-refractivity contribution < 1.29 is 9.47 Å². The van der Waals surface area contributed by atoms with Gasteiger partial charge < -0.3 is 30.3 Å². The van der Waals surface area contributed by atoms with Gasteiger partial charge in [0.15, 0.2) is 16.6 Å². The molecule has 0 bridgehead atoms. The van der Waals surface area contributed by atoms with E-state index in [1.165, 1.54) is 24.1 Å². The van der Waals surface area contributed by atoms with Crippen LogP contribution in [0.3, 0.4) is 0 Å². The van der Waals surface area contributed by atoms with Gasteiger partial charge in [0.25, 0.3) is 0 Å². The van der Waals surface area contributed by atoms with Crippen LogP contribution < -0.4 is 30.3 Å². The van der Waals surface area contributed by atoms with E-state index in [4.69, 9.17) is 31.7 Å². The molecule has 8 nitrogen and oxygen atoms in total. The van der Waals surface area contributed by atoms with Crippen LogP contribution in [-0.4, -0.2) is 55.5 Å². The van der Waals surface area contributed by atoms with Crippen molar-refractivity contribution in [2.45, 2.75) is 70.0 Å². The number of anilines is 2. The highest BCUT2D eigenvalue weighted by atomic mass is 32.1. The molecule has 190 valence electrons. The Kier molecular flexibility index (Phi) is 8.49. The first kappa shape index (κ1) is 25.3. The van der Waals surface area contributed by atoms with Crippen LogP contribution in [0, 0.1) is 0 Å². The maximum absolute atomic E-state index is 5.57. The zero-order valence-corrected chi connectivity index (χ0v) is 22.1. The van der Waals surface area contributed by atoms with Gasteiger partial charge >= 0.3 is 0 Å². The number of fused-ring (bicyclic) bond motifs is 1. The molecule has 9 heteroatoms. The van der Waals surface area contributed by atoms with Crippen molar-refractivity contribution in [3.05, 3.63) is 35.0 Å². The first-order valence-electron chi connectivity index (χ1n) is 12.6. The Morgan fingerprint density at radius 1 is 1.03 bits per heavy atom. The second-order valence-electron chi connectivity index (χ2n) is 9.57. The molecule has 0 amide bonds. The molecule has 4 rings (SSSR count). The fraction of sp³-hybridized carbons (Fsp3) is 0.577. The van der Waals surface area contributed by atoms with Gasteiger partial charge in [0.2, 0.25) is 5.95 Å². The monoisotopic (exact) mass is 498 g/mol. The number of aryl methyl sites for hydroxylation is 1. The Balaban J connectivity index is 1.27. The number of rotatable bonds is 8. The smallest absolute Gasteiger partial charge is 0.225 e. The SMILES string of the molecule is COc1cccc(CNC(=S)N[C@H]2CC[C@@H](Nc3nc4c(c(N(C)C)n3)CCCC4)CC2)c1OC. The Labute approximate surface area is 214 Å². The quantitative estimate of drug-likeness (QED) is 0.470. The van der Waals surface area contributed by atoms with Gasteiger partial charge in [-0.3, -0.25) is 0 Å². The fourth-order valence-electron chi connectivity index (χ4n) is 5.08. The molecule has 1 saturated carbocycles. The van der Waals surface area contributed by atoms with Gasteiger partial charge in [0.1, 0.15) is 5.82 Å². The van der Waals surface area contributed by atoms with Gasteiger partial charge in [0, 0.05) is 43.9 Å². The molecule has 1 heterocycles. The molecule has 2 aliphatic carbocycles. The summed E-state index contributed by atoms with van der Waals surface area (Å²) in [5.74, 6) is 3.29. The van der Waals surface area contributed by atoms with Gasteiger partial charge in [-0.1, -0.05) is 12.1 Å². The molecular formula is C26H38N6O2S. The number of hydrogen-bond acceptors (Lipinski definition) is 7. The minimum absolute atomic E-state index is 0.363. The van der Waals surface area contributed by atoms with E-state index in [1.54, 1.807) is 14.2 Å². The third-order valence-electron chi connectivity index (χ3n) is 6.90. The van der Waals surface area contributed by atoms with E-state index in [-0.39, 0.29) is 0 Å². The summed E-state index contributed by atoms with van der Waals surface area (Å²) in [7, 11) is 7.44. The van der Waals surface area contributed by atoms with Crippen LogP contribution in [0.2, 0.25) is 0 Å². The largest absolute Gasteiger partial charge is 0.493 e. The van der Waals surface area contributed by atoms with Crippen molar-refractivity contribution >= 4 is 29.1 Å². The highest BCUT2D eigenvalue weighted by molar-refractivity contribution is 7.80. The van der Waals surface area contributed by atoms with Crippen molar-refractivity contribution in [3.63, 3.8) is 0 Å². The van der Waals surface area contributed by atoms with Crippen LogP contribution in [0.4, 0.5) is 11.8 Å². The minimum Gasteiger partial charge on any atom is -0.493 e. The Morgan fingerprint density at radius 3 is 2.49 bits per heavy atom. The lowest BCUT2D eigenvalue weighted by molar-refractivity contribution is 0.351. The number of thiocarbonyl (C=S) groups is 1. The van der Waals surface area contributed by atoms with Gasteiger partial charge in [-0.25, -0.2) is 4.98 Å². The highest BCUT2D eigenvalue weighted by Gasteiger charge is 2.24. The van der Waals surface area contributed by atoms with Gasteiger partial charge in [-0.2, -0.15) is 4.98 Å². The first-order valence-corrected chi connectivity index (χ1v) is 13.0. The van der Waals surface area contributed by atoms with Crippen LogP contribution in [-0.2, 0) is 19.4 Å². The van der Waals surface area contributed by atoms with E-state index >= 15 is 0 Å². The van der Waals surface area contributed by atoms with E-state index in [1.807, 2.05) is 18.2 Å². The summed E-state index contributed by atoms with van der Waals surface area (Å²) in [6.45, 7) is 0.576. The van der Waals surface area contributed by atoms with E-state index in [9.17, 15) is 0 Å². The molecular weight excluding hydrogens is 460 g/mol. The maximum atomic E-state index is 5.57. The van der Waals surface area contributed by atoms with Crippen LogP contribution in [0.15, 0.2) is 18.2 Å². The average molecular weight is 499 g/mol. The number of nitrogens with one attached hydrogen (secondary N) is 3. The molecule has 1 aromatic heterocycles. The normalized spacial score (nSPS) is 19.3. The molecule has 2 aromatic rings. The topological polar surface area (TPSA) is 83.6 Å². The first-order chi connectivity index (χ1) is 17.0. The van der Waals surface area contributed by atoms with Crippen molar-refractivity contribution in [2.24, 2.45) is 0 Å². The standard InChI is InChI=1S/C26H38N6O2S/c1-32(2)24-20-9-5-6-10-21(20)30-25(31-24)28-18-12-14-19(15-13-18)29-26(35)27-16-17-8-7-11-22(33-3)23(17)34-4/h7-8,11,18-19H,5-6,9-10,12-16H2,1-4H3,(H2,27,29,35)(H,28,30,31)/t18-,19+. The van der Waals surface area contributed by atoms with Crippen molar-refractivity contribution in [3.8, 4) is 11.5 Å². The summed E-state index contributed by atoms with van der Waals surface area (Å²) in [4.78, 5) is 11.9. The molecule has 1 aromatic carbocycles. The lowest BCUT2D eigenvalue weighted by atomic mass is 9.91. The van der Waals surface area contributed by atoms with Crippen LogP contribution in [0.25, 0.3) is 0 Å². The van der Waals surface area contributed by atoms with E-state index < -0.39 is 0 Å². The molecule has 0 spiro atoms. The number of para-hydroxylation sites is 1. The van der Waals surface area contributed by atoms with Crippen LogP contribution in [0.5, 0.6) is 11.5 Å². The van der Waals surface area contributed by atoms with Gasteiger partial charge in [-0.05, 0) is 69.7 Å². The fourth-order valence-corrected chi connectivity index (χ4v) is 5.32. The van der Waals surface area contributed by atoms with E-state index in [0.29, 0.717) is 23.7 Å².